The number of nitrogens with two attached hydrogens (primary N) is 1. The predicted octanol–water partition coefficient (Wildman–Crippen LogP) is 0.889. The lowest BCUT2D eigenvalue weighted by molar-refractivity contribution is 0.0339. The molecule has 1 aromatic carbocycles. The molecule has 0 bridgehead atoms. The molecule has 1 aromatic rings. The van der Waals surface area contributed by atoms with Gasteiger partial charge in [0.1, 0.15) is 17.7 Å². The maximum absolute atomic E-state index is 12.9. The van der Waals surface area contributed by atoms with Crippen LogP contribution in [0.25, 0.3) is 0 Å². The molecule has 0 saturated carbocycles. The average Bonchev–Trinajstić information content (AvgIpc) is 2.09. The lowest BCUT2D eigenvalue weighted by Gasteiger charge is -2.09. The first kappa shape index (κ1) is 10.0. The maximum atomic E-state index is 12.9. The van der Waals surface area contributed by atoms with E-state index < -0.39 is 17.7 Å². The second-order valence-corrected chi connectivity index (χ2v) is 2.51. The molecule has 3 nitrogen and oxygen atoms in total. The number of hydrogen-bond acceptors (Lipinski definition) is 3. The van der Waals surface area contributed by atoms with E-state index >= 15 is 0 Å². The van der Waals surface area contributed by atoms with Crippen molar-refractivity contribution in [2.24, 2.45) is 5.90 Å². The third kappa shape index (κ3) is 2.45. The third-order valence-corrected chi connectivity index (χ3v) is 1.57. The molecule has 0 aromatic heterocycles. The monoisotopic (exact) mass is 189 g/mol. The molecule has 1 rings (SSSR count). The van der Waals surface area contributed by atoms with Crippen molar-refractivity contribution in [1.82, 2.24) is 0 Å². The van der Waals surface area contributed by atoms with Crippen LogP contribution in [0.1, 0.15) is 11.7 Å². The summed E-state index contributed by atoms with van der Waals surface area (Å²) in [7, 11) is 0. The molecule has 0 aliphatic rings. The molecular weight excluding hydrogens is 180 g/mol. The van der Waals surface area contributed by atoms with Gasteiger partial charge >= 0.3 is 0 Å². The van der Waals surface area contributed by atoms with Crippen molar-refractivity contribution >= 4 is 0 Å². The summed E-state index contributed by atoms with van der Waals surface area (Å²) in [5.41, 5.74) is -0.162. The van der Waals surface area contributed by atoms with Crippen LogP contribution in [0, 0.1) is 11.6 Å². The summed E-state index contributed by atoms with van der Waals surface area (Å²) < 4.78 is 25.5. The highest BCUT2D eigenvalue weighted by Gasteiger charge is 2.13. The van der Waals surface area contributed by atoms with Gasteiger partial charge in [0.05, 0.1) is 6.61 Å². The van der Waals surface area contributed by atoms with Crippen LogP contribution in [0.4, 0.5) is 8.78 Å². The van der Waals surface area contributed by atoms with Crippen molar-refractivity contribution < 1.29 is 18.7 Å². The standard InChI is InChI=1S/C8H9F2NO2/c9-5-1-2-7(10)6(3-5)8(12)4-13-11/h1-3,8,12H,4,11H2. The molecule has 0 aliphatic carbocycles. The Hall–Kier alpha value is -1.04. The van der Waals surface area contributed by atoms with Crippen LogP contribution >= 0.6 is 0 Å². The largest absolute Gasteiger partial charge is 0.386 e. The minimum atomic E-state index is -1.25. The molecule has 72 valence electrons. The van der Waals surface area contributed by atoms with Crippen molar-refractivity contribution in [1.29, 1.82) is 0 Å². The van der Waals surface area contributed by atoms with Crippen molar-refractivity contribution in [2.75, 3.05) is 6.61 Å². The molecule has 0 saturated heterocycles. The number of halogens is 2. The van der Waals surface area contributed by atoms with Crippen molar-refractivity contribution in [3.63, 3.8) is 0 Å². The fourth-order valence-electron chi connectivity index (χ4n) is 0.951. The minimum absolute atomic E-state index is 0.162. The Balaban J connectivity index is 2.91. The zero-order chi connectivity index (χ0) is 9.84. The van der Waals surface area contributed by atoms with E-state index in [0.29, 0.717) is 0 Å². The molecule has 3 N–H and O–H groups in total. The van der Waals surface area contributed by atoms with Gasteiger partial charge < -0.3 is 9.94 Å². The Morgan fingerprint density at radius 3 is 2.77 bits per heavy atom. The van der Waals surface area contributed by atoms with Gasteiger partial charge in [0.2, 0.25) is 0 Å². The van der Waals surface area contributed by atoms with E-state index in [9.17, 15) is 13.9 Å². The molecule has 0 fully saturated rings. The van der Waals surface area contributed by atoms with Gasteiger partial charge in [0.25, 0.3) is 0 Å². The highest BCUT2D eigenvalue weighted by molar-refractivity contribution is 5.20. The van der Waals surface area contributed by atoms with E-state index in [1.54, 1.807) is 0 Å². The molecule has 5 heteroatoms. The molecule has 0 aliphatic heterocycles. The van der Waals surface area contributed by atoms with Crippen molar-refractivity contribution in [3.8, 4) is 0 Å². The number of benzene rings is 1. The van der Waals surface area contributed by atoms with E-state index in [4.69, 9.17) is 0 Å². The number of aliphatic hydroxyl groups is 1. The maximum Gasteiger partial charge on any atom is 0.129 e. The third-order valence-electron chi connectivity index (χ3n) is 1.57. The molecule has 0 spiro atoms. The fourth-order valence-corrected chi connectivity index (χ4v) is 0.951. The summed E-state index contributed by atoms with van der Waals surface area (Å²) in [6, 6.07) is 2.80. The second kappa shape index (κ2) is 4.27. The highest BCUT2D eigenvalue weighted by atomic mass is 19.1. The summed E-state index contributed by atoms with van der Waals surface area (Å²) in [6.07, 6.45) is -1.25. The van der Waals surface area contributed by atoms with Crippen LogP contribution < -0.4 is 5.90 Å². The average molecular weight is 189 g/mol. The first-order chi connectivity index (χ1) is 6.15. The molecule has 0 heterocycles. The summed E-state index contributed by atoms with van der Waals surface area (Å²) in [5.74, 6) is 3.37. The SMILES string of the molecule is NOCC(O)c1cc(F)ccc1F. The van der Waals surface area contributed by atoms with Gasteiger partial charge in [-0.25, -0.2) is 14.7 Å². The minimum Gasteiger partial charge on any atom is -0.386 e. The fraction of sp³-hybridized carbons (Fsp3) is 0.250. The predicted molar refractivity (Wildman–Crippen MR) is 41.5 cm³/mol. The van der Waals surface area contributed by atoms with Gasteiger partial charge in [-0.1, -0.05) is 0 Å². The first-order valence-corrected chi connectivity index (χ1v) is 3.60. The van der Waals surface area contributed by atoms with Crippen LogP contribution in [0.5, 0.6) is 0 Å². The summed E-state index contributed by atoms with van der Waals surface area (Å²) in [5, 5.41) is 9.21. The Bertz CT molecular complexity index is 293. The Morgan fingerprint density at radius 1 is 1.46 bits per heavy atom. The Labute approximate surface area is 73.7 Å². The summed E-state index contributed by atoms with van der Waals surface area (Å²) >= 11 is 0. The first-order valence-electron chi connectivity index (χ1n) is 3.60. The molecular formula is C8H9F2NO2. The Morgan fingerprint density at radius 2 is 2.15 bits per heavy atom. The second-order valence-electron chi connectivity index (χ2n) is 2.51. The topological polar surface area (TPSA) is 55.5 Å². The van der Waals surface area contributed by atoms with E-state index in [1.165, 1.54) is 0 Å². The lowest BCUT2D eigenvalue weighted by Crippen LogP contribution is -2.12. The van der Waals surface area contributed by atoms with Crippen LogP contribution in [-0.4, -0.2) is 11.7 Å². The highest BCUT2D eigenvalue weighted by Crippen LogP contribution is 2.17. The molecule has 1 unspecified atom stereocenters. The Kier molecular flexibility index (Phi) is 3.30. The van der Waals surface area contributed by atoms with Crippen LogP contribution in [-0.2, 0) is 4.84 Å². The van der Waals surface area contributed by atoms with Crippen LogP contribution in [0.2, 0.25) is 0 Å². The van der Waals surface area contributed by atoms with Gasteiger partial charge in [0, 0.05) is 5.56 Å². The molecule has 0 radical (unpaired) electrons. The number of rotatable bonds is 3. The van der Waals surface area contributed by atoms with Crippen LogP contribution in [0.3, 0.4) is 0 Å². The van der Waals surface area contributed by atoms with Gasteiger partial charge in [-0.3, -0.25) is 0 Å². The quantitative estimate of drug-likeness (QED) is 0.694. The zero-order valence-electron chi connectivity index (χ0n) is 6.71. The summed E-state index contributed by atoms with van der Waals surface area (Å²) in [4.78, 5) is 4.11. The molecule has 13 heavy (non-hydrogen) atoms. The van der Waals surface area contributed by atoms with Gasteiger partial charge in [-0.2, -0.15) is 0 Å². The van der Waals surface area contributed by atoms with Gasteiger partial charge in [0.15, 0.2) is 0 Å². The number of hydrogen-bond donors (Lipinski definition) is 2. The van der Waals surface area contributed by atoms with Gasteiger partial charge in [-0.15, -0.1) is 0 Å². The molecule has 1 atom stereocenters. The zero-order valence-corrected chi connectivity index (χ0v) is 6.71. The van der Waals surface area contributed by atoms with Crippen LogP contribution in [0.15, 0.2) is 18.2 Å². The van der Waals surface area contributed by atoms with E-state index in [1.807, 2.05) is 0 Å². The van der Waals surface area contributed by atoms with E-state index in [2.05, 4.69) is 10.7 Å². The van der Waals surface area contributed by atoms with Gasteiger partial charge in [-0.05, 0) is 18.2 Å². The summed E-state index contributed by atoms with van der Waals surface area (Å²) in [6.45, 7) is -0.277. The molecule has 0 amide bonds. The number of aliphatic hydroxyl groups excluding tert-OH is 1. The van der Waals surface area contributed by atoms with E-state index in [0.717, 1.165) is 18.2 Å². The normalized spacial score (nSPS) is 12.9. The van der Waals surface area contributed by atoms with E-state index in [-0.39, 0.29) is 12.2 Å². The van der Waals surface area contributed by atoms with Crippen molar-refractivity contribution in [2.45, 2.75) is 6.10 Å². The van der Waals surface area contributed by atoms with Crippen molar-refractivity contribution in [3.05, 3.63) is 35.4 Å². The smallest absolute Gasteiger partial charge is 0.129 e. The lowest BCUT2D eigenvalue weighted by atomic mass is 10.1.